The van der Waals surface area contributed by atoms with E-state index in [-0.39, 0.29) is 12.4 Å². The first-order valence-corrected chi connectivity index (χ1v) is 5.28. The second-order valence-electron chi connectivity index (χ2n) is 5.54. The molecule has 1 atom stereocenters. The number of ether oxygens (including phenoxy) is 1. The van der Waals surface area contributed by atoms with Crippen LogP contribution in [0, 0.1) is 5.41 Å². The molecule has 0 aromatic heterocycles. The van der Waals surface area contributed by atoms with E-state index in [1.54, 1.807) is 34.6 Å². The van der Waals surface area contributed by atoms with E-state index in [9.17, 15) is 9.59 Å². The fourth-order valence-electron chi connectivity index (χ4n) is 1.86. The number of carboxylic acid groups (broad SMARTS) is 1. The summed E-state index contributed by atoms with van der Waals surface area (Å²) in [6.07, 6.45) is -1.12. The van der Waals surface area contributed by atoms with Gasteiger partial charge in [0, 0.05) is 5.41 Å². The normalized spacial score (nSPS) is 24.6. The van der Waals surface area contributed by atoms with Crippen molar-refractivity contribution in [1.82, 2.24) is 4.90 Å². The van der Waals surface area contributed by atoms with Crippen molar-refractivity contribution < 1.29 is 19.4 Å². The van der Waals surface area contributed by atoms with Crippen molar-refractivity contribution in [2.45, 2.75) is 46.4 Å². The molecule has 1 saturated heterocycles. The molecule has 5 heteroatoms. The predicted molar refractivity (Wildman–Crippen MR) is 58.1 cm³/mol. The number of ketones is 1. The lowest BCUT2D eigenvalue weighted by Crippen LogP contribution is -2.52. The Morgan fingerprint density at radius 3 is 2.25 bits per heavy atom. The van der Waals surface area contributed by atoms with Crippen LogP contribution in [0.25, 0.3) is 0 Å². The summed E-state index contributed by atoms with van der Waals surface area (Å²) in [6, 6.07) is -0.701. The minimum Gasteiger partial charge on any atom is -0.465 e. The molecule has 0 radical (unpaired) electrons. The minimum absolute atomic E-state index is 0.111. The molecular weight excluding hydrogens is 210 g/mol. The smallest absolute Gasteiger partial charge is 0.410 e. The summed E-state index contributed by atoms with van der Waals surface area (Å²) in [4.78, 5) is 24.3. The average molecular weight is 229 g/mol. The number of carbonyl (C=O) groups excluding carboxylic acids is 1. The van der Waals surface area contributed by atoms with Crippen molar-refractivity contribution in [3.63, 3.8) is 0 Å². The van der Waals surface area contributed by atoms with E-state index >= 15 is 0 Å². The van der Waals surface area contributed by atoms with Gasteiger partial charge in [-0.3, -0.25) is 9.69 Å². The van der Waals surface area contributed by atoms with Crippen LogP contribution in [0.5, 0.6) is 0 Å². The molecule has 16 heavy (non-hydrogen) atoms. The molecule has 1 unspecified atom stereocenters. The van der Waals surface area contributed by atoms with Gasteiger partial charge in [0.1, 0.15) is 11.8 Å². The van der Waals surface area contributed by atoms with E-state index in [0.717, 1.165) is 4.90 Å². The van der Waals surface area contributed by atoms with Crippen LogP contribution < -0.4 is 0 Å². The second-order valence-corrected chi connectivity index (χ2v) is 5.54. The molecule has 0 bridgehead atoms. The first-order chi connectivity index (χ1) is 7.07. The molecule has 1 amide bonds. The molecule has 0 saturated carbocycles. The van der Waals surface area contributed by atoms with Crippen molar-refractivity contribution in [1.29, 1.82) is 0 Å². The highest BCUT2D eigenvalue weighted by molar-refractivity contribution is 5.91. The Morgan fingerprint density at radius 1 is 1.38 bits per heavy atom. The Morgan fingerprint density at radius 2 is 1.88 bits per heavy atom. The van der Waals surface area contributed by atoms with Gasteiger partial charge in [-0.15, -0.1) is 0 Å². The zero-order valence-corrected chi connectivity index (χ0v) is 10.4. The maximum atomic E-state index is 12.1. The summed E-state index contributed by atoms with van der Waals surface area (Å²) in [5, 5.41) is 9.13. The van der Waals surface area contributed by atoms with Gasteiger partial charge in [-0.1, -0.05) is 20.8 Å². The number of carbonyl (C=O) groups is 2. The monoisotopic (exact) mass is 229 g/mol. The summed E-state index contributed by atoms with van der Waals surface area (Å²) in [6.45, 7) is 8.77. The van der Waals surface area contributed by atoms with E-state index in [1.165, 1.54) is 0 Å². The summed E-state index contributed by atoms with van der Waals surface area (Å²) in [5.74, 6) is -0.111. The molecule has 0 spiro atoms. The van der Waals surface area contributed by atoms with Crippen molar-refractivity contribution >= 4 is 11.9 Å². The van der Waals surface area contributed by atoms with Gasteiger partial charge in [-0.25, -0.2) is 4.79 Å². The molecule has 5 nitrogen and oxygen atoms in total. The standard InChI is InChI=1S/C11H19NO4/c1-10(2,3)8(13)7-6-16-11(4,5)12(7)9(14)15/h7H,6H2,1-5H3,(H,14,15). The van der Waals surface area contributed by atoms with Gasteiger partial charge in [-0.2, -0.15) is 0 Å². The van der Waals surface area contributed by atoms with E-state index in [2.05, 4.69) is 0 Å². The molecular formula is C11H19NO4. The molecule has 1 N–H and O–H groups in total. The fraction of sp³-hybridized carbons (Fsp3) is 0.818. The highest BCUT2D eigenvalue weighted by Crippen LogP contribution is 2.31. The lowest BCUT2D eigenvalue weighted by molar-refractivity contribution is -0.131. The summed E-state index contributed by atoms with van der Waals surface area (Å²) < 4.78 is 5.37. The quantitative estimate of drug-likeness (QED) is 0.743. The van der Waals surface area contributed by atoms with Crippen LogP contribution in [0.2, 0.25) is 0 Å². The zero-order chi connectivity index (χ0) is 12.7. The van der Waals surface area contributed by atoms with Crippen molar-refractivity contribution in [3.8, 4) is 0 Å². The number of rotatable bonds is 1. The Bertz CT molecular complexity index is 316. The van der Waals surface area contributed by atoms with Gasteiger partial charge in [-0.05, 0) is 13.8 Å². The number of amides is 1. The minimum atomic E-state index is -1.12. The molecule has 1 fully saturated rings. The topological polar surface area (TPSA) is 66.8 Å². The van der Waals surface area contributed by atoms with Crippen LogP contribution in [0.3, 0.4) is 0 Å². The van der Waals surface area contributed by atoms with Gasteiger partial charge in [0.15, 0.2) is 5.78 Å². The summed E-state index contributed by atoms with van der Waals surface area (Å²) in [7, 11) is 0. The van der Waals surface area contributed by atoms with Crippen molar-refractivity contribution in [2.24, 2.45) is 5.41 Å². The predicted octanol–water partition coefficient (Wildman–Crippen LogP) is 1.72. The van der Waals surface area contributed by atoms with Gasteiger partial charge < -0.3 is 9.84 Å². The molecule has 1 aliphatic rings. The molecule has 0 aliphatic carbocycles. The zero-order valence-electron chi connectivity index (χ0n) is 10.4. The Labute approximate surface area is 95.4 Å². The lowest BCUT2D eigenvalue weighted by atomic mass is 9.86. The number of hydrogen-bond acceptors (Lipinski definition) is 3. The Hall–Kier alpha value is -1.10. The number of nitrogens with zero attached hydrogens (tertiary/aromatic N) is 1. The molecule has 0 aromatic carbocycles. The molecule has 0 aromatic rings. The Kier molecular flexibility index (Phi) is 3.02. The maximum Gasteiger partial charge on any atom is 0.410 e. The SMILES string of the molecule is CC(C)(C)C(=O)C1COC(C)(C)N1C(=O)O. The Balaban J connectivity index is 2.99. The maximum absolute atomic E-state index is 12.1. The van der Waals surface area contributed by atoms with Crippen molar-refractivity contribution in [3.05, 3.63) is 0 Å². The van der Waals surface area contributed by atoms with E-state index < -0.39 is 23.3 Å². The summed E-state index contributed by atoms with van der Waals surface area (Å²) in [5.41, 5.74) is -1.50. The van der Waals surface area contributed by atoms with Gasteiger partial charge in [0.25, 0.3) is 0 Å². The molecule has 1 aliphatic heterocycles. The van der Waals surface area contributed by atoms with Crippen LogP contribution in [0.4, 0.5) is 4.79 Å². The van der Waals surface area contributed by atoms with Crippen LogP contribution in [0.15, 0.2) is 0 Å². The first kappa shape index (κ1) is 13.0. The van der Waals surface area contributed by atoms with Crippen molar-refractivity contribution in [2.75, 3.05) is 6.61 Å². The molecule has 1 rings (SSSR count). The van der Waals surface area contributed by atoms with Gasteiger partial charge in [0.2, 0.25) is 0 Å². The van der Waals surface area contributed by atoms with E-state index in [4.69, 9.17) is 9.84 Å². The molecule has 92 valence electrons. The van der Waals surface area contributed by atoms with Crippen LogP contribution in [-0.2, 0) is 9.53 Å². The second kappa shape index (κ2) is 3.73. The van der Waals surface area contributed by atoms with Crippen LogP contribution in [0.1, 0.15) is 34.6 Å². The van der Waals surface area contributed by atoms with Gasteiger partial charge in [0.05, 0.1) is 6.61 Å². The average Bonchev–Trinajstić information content (AvgIpc) is 2.37. The largest absolute Gasteiger partial charge is 0.465 e. The van der Waals surface area contributed by atoms with E-state index in [0.29, 0.717) is 0 Å². The number of Topliss-reactive ketones (excluding diaryl/α,β-unsaturated/α-hetero) is 1. The van der Waals surface area contributed by atoms with Crippen LogP contribution in [-0.4, -0.2) is 40.3 Å². The lowest BCUT2D eigenvalue weighted by Gasteiger charge is -2.32. The third kappa shape index (κ3) is 2.19. The van der Waals surface area contributed by atoms with Gasteiger partial charge >= 0.3 is 6.09 Å². The van der Waals surface area contributed by atoms with E-state index in [1.807, 2.05) is 0 Å². The summed E-state index contributed by atoms with van der Waals surface area (Å²) >= 11 is 0. The third-order valence-corrected chi connectivity index (χ3v) is 2.73. The highest BCUT2D eigenvalue weighted by Gasteiger charge is 2.49. The highest BCUT2D eigenvalue weighted by atomic mass is 16.5. The number of hydrogen-bond donors (Lipinski definition) is 1. The fourth-order valence-corrected chi connectivity index (χ4v) is 1.86. The first-order valence-electron chi connectivity index (χ1n) is 5.28. The molecule has 1 heterocycles. The van der Waals surface area contributed by atoms with Crippen LogP contribution >= 0.6 is 0 Å². The third-order valence-electron chi connectivity index (χ3n) is 2.73.